The number of nitrogens with zero attached hydrogens (tertiary/aromatic N) is 1. The lowest BCUT2D eigenvalue weighted by atomic mass is 10.2. The third-order valence-corrected chi connectivity index (χ3v) is 2.39. The quantitative estimate of drug-likeness (QED) is 0.580. The Balaban J connectivity index is 2.06. The highest BCUT2D eigenvalue weighted by Crippen LogP contribution is 2.11. The Hall–Kier alpha value is -2.82. The highest BCUT2D eigenvalue weighted by molar-refractivity contribution is 5.88. The van der Waals surface area contributed by atoms with Crippen LogP contribution in [0.2, 0.25) is 0 Å². The minimum Gasteiger partial charge on any atom is -0.508 e. The lowest BCUT2D eigenvalue weighted by Gasteiger charge is -2.01. The number of carboxylic acids is 1. The van der Waals surface area contributed by atoms with Crippen molar-refractivity contribution in [3.8, 4) is 5.75 Å². The number of hydrogen-bond donors (Lipinski definition) is 3. The number of rotatable bonds is 4. The van der Waals surface area contributed by atoms with E-state index < -0.39 is 5.97 Å². The standard InChI is InChI=1S/C14H12N2O3/c17-13-6-1-3-10(7-13)9-15-16-12-5-2-4-11(8-12)14(18)19/h1-9,16-17H,(H,18,19). The van der Waals surface area contributed by atoms with Crippen LogP contribution in [-0.2, 0) is 0 Å². The Labute approximate surface area is 109 Å². The molecule has 0 amide bonds. The summed E-state index contributed by atoms with van der Waals surface area (Å²) in [4.78, 5) is 10.8. The fourth-order valence-electron chi connectivity index (χ4n) is 1.51. The number of hydrazone groups is 1. The van der Waals surface area contributed by atoms with E-state index in [1.165, 1.54) is 18.3 Å². The topological polar surface area (TPSA) is 81.9 Å². The van der Waals surface area contributed by atoms with E-state index in [0.717, 1.165) is 5.56 Å². The van der Waals surface area contributed by atoms with Gasteiger partial charge < -0.3 is 10.2 Å². The monoisotopic (exact) mass is 256 g/mol. The molecule has 0 aliphatic rings. The second kappa shape index (κ2) is 5.68. The molecule has 0 bridgehead atoms. The smallest absolute Gasteiger partial charge is 0.335 e. The molecule has 2 aromatic carbocycles. The maximum absolute atomic E-state index is 10.8. The number of carboxylic acid groups (broad SMARTS) is 1. The summed E-state index contributed by atoms with van der Waals surface area (Å²) in [6.45, 7) is 0. The number of phenolic OH excluding ortho intramolecular Hbond substituents is 1. The Morgan fingerprint density at radius 3 is 2.68 bits per heavy atom. The molecule has 5 nitrogen and oxygen atoms in total. The van der Waals surface area contributed by atoms with Gasteiger partial charge in [0.1, 0.15) is 5.75 Å². The van der Waals surface area contributed by atoms with Crippen LogP contribution < -0.4 is 5.43 Å². The van der Waals surface area contributed by atoms with E-state index in [1.807, 2.05) is 0 Å². The van der Waals surface area contributed by atoms with Crippen molar-refractivity contribution in [1.82, 2.24) is 0 Å². The summed E-state index contributed by atoms with van der Waals surface area (Å²) in [6.07, 6.45) is 1.53. The van der Waals surface area contributed by atoms with Crippen molar-refractivity contribution in [3.63, 3.8) is 0 Å². The Bertz CT molecular complexity index is 624. The van der Waals surface area contributed by atoms with Gasteiger partial charge in [0.2, 0.25) is 0 Å². The zero-order valence-electron chi connectivity index (χ0n) is 9.95. The maximum Gasteiger partial charge on any atom is 0.335 e. The van der Waals surface area contributed by atoms with Gasteiger partial charge in [-0.25, -0.2) is 4.79 Å². The van der Waals surface area contributed by atoms with E-state index in [4.69, 9.17) is 5.11 Å². The molecular formula is C14H12N2O3. The molecule has 0 heterocycles. The molecule has 0 saturated heterocycles. The zero-order valence-corrected chi connectivity index (χ0v) is 9.95. The van der Waals surface area contributed by atoms with E-state index in [9.17, 15) is 9.90 Å². The minimum atomic E-state index is -0.986. The number of phenols is 1. The third kappa shape index (κ3) is 3.57. The first-order valence-electron chi connectivity index (χ1n) is 5.56. The van der Waals surface area contributed by atoms with Crippen LogP contribution in [-0.4, -0.2) is 22.4 Å². The van der Waals surface area contributed by atoms with E-state index in [2.05, 4.69) is 10.5 Å². The van der Waals surface area contributed by atoms with Crippen molar-refractivity contribution in [2.24, 2.45) is 5.10 Å². The zero-order chi connectivity index (χ0) is 13.7. The van der Waals surface area contributed by atoms with Crippen LogP contribution in [0.4, 0.5) is 5.69 Å². The van der Waals surface area contributed by atoms with Crippen LogP contribution >= 0.6 is 0 Å². The Kier molecular flexibility index (Phi) is 3.78. The molecule has 0 saturated carbocycles. The van der Waals surface area contributed by atoms with Gasteiger partial charge in [-0.05, 0) is 35.9 Å². The number of aromatic carboxylic acids is 1. The number of carbonyl (C=O) groups is 1. The van der Waals surface area contributed by atoms with Gasteiger partial charge >= 0.3 is 5.97 Å². The first-order chi connectivity index (χ1) is 9.15. The third-order valence-electron chi connectivity index (χ3n) is 2.39. The highest BCUT2D eigenvalue weighted by Gasteiger charge is 2.01. The van der Waals surface area contributed by atoms with E-state index in [1.54, 1.807) is 36.4 Å². The summed E-state index contributed by atoms with van der Waals surface area (Å²) in [5.74, 6) is -0.822. The van der Waals surface area contributed by atoms with E-state index in [-0.39, 0.29) is 11.3 Å². The maximum atomic E-state index is 10.8. The molecule has 0 spiro atoms. The first-order valence-corrected chi connectivity index (χ1v) is 5.56. The lowest BCUT2D eigenvalue weighted by Crippen LogP contribution is -1.97. The summed E-state index contributed by atoms with van der Waals surface area (Å²) in [6, 6.07) is 13.0. The molecule has 0 atom stereocenters. The molecule has 0 fully saturated rings. The molecule has 0 aliphatic carbocycles. The number of nitrogens with one attached hydrogen (secondary N) is 1. The summed E-state index contributed by atoms with van der Waals surface area (Å²) in [7, 11) is 0. The van der Waals surface area contributed by atoms with E-state index >= 15 is 0 Å². The number of aromatic hydroxyl groups is 1. The van der Waals surface area contributed by atoms with Crippen molar-refractivity contribution in [2.75, 3.05) is 5.43 Å². The molecule has 5 heteroatoms. The van der Waals surface area contributed by atoms with Crippen molar-refractivity contribution in [1.29, 1.82) is 0 Å². The van der Waals surface area contributed by atoms with Gasteiger partial charge in [0.25, 0.3) is 0 Å². The minimum absolute atomic E-state index is 0.164. The summed E-state index contributed by atoms with van der Waals surface area (Å²) in [5.41, 5.74) is 4.24. The van der Waals surface area contributed by atoms with Gasteiger partial charge in [-0.3, -0.25) is 5.43 Å². The van der Waals surface area contributed by atoms with Gasteiger partial charge in [0.15, 0.2) is 0 Å². The van der Waals surface area contributed by atoms with Crippen LogP contribution in [0.3, 0.4) is 0 Å². The van der Waals surface area contributed by atoms with Gasteiger partial charge in [0, 0.05) is 0 Å². The highest BCUT2D eigenvalue weighted by atomic mass is 16.4. The molecule has 0 aromatic heterocycles. The van der Waals surface area contributed by atoms with Gasteiger partial charge in [-0.15, -0.1) is 0 Å². The Morgan fingerprint density at radius 2 is 1.95 bits per heavy atom. The Morgan fingerprint density at radius 1 is 1.16 bits per heavy atom. The summed E-state index contributed by atoms with van der Waals surface area (Å²) < 4.78 is 0. The molecule has 96 valence electrons. The van der Waals surface area contributed by atoms with Crippen molar-refractivity contribution in [2.45, 2.75) is 0 Å². The number of hydrogen-bond acceptors (Lipinski definition) is 4. The van der Waals surface area contributed by atoms with Gasteiger partial charge in [0.05, 0.1) is 17.5 Å². The normalized spacial score (nSPS) is 10.5. The summed E-state index contributed by atoms with van der Waals surface area (Å²) >= 11 is 0. The molecule has 2 aromatic rings. The first kappa shape index (κ1) is 12.6. The predicted molar refractivity (Wildman–Crippen MR) is 72.7 cm³/mol. The number of anilines is 1. The SMILES string of the molecule is O=C(O)c1cccc(NN=Cc2cccc(O)c2)c1. The molecule has 19 heavy (non-hydrogen) atoms. The van der Waals surface area contributed by atoms with Crippen molar-refractivity contribution in [3.05, 3.63) is 59.7 Å². The van der Waals surface area contributed by atoms with E-state index in [0.29, 0.717) is 5.69 Å². The molecule has 0 radical (unpaired) electrons. The molecule has 0 unspecified atom stereocenters. The van der Waals surface area contributed by atoms with Crippen molar-refractivity contribution < 1.29 is 15.0 Å². The molecular weight excluding hydrogens is 244 g/mol. The number of benzene rings is 2. The fraction of sp³-hybridized carbons (Fsp3) is 0. The van der Waals surface area contributed by atoms with Gasteiger partial charge in [-0.1, -0.05) is 18.2 Å². The second-order valence-corrected chi connectivity index (χ2v) is 3.85. The molecule has 0 aliphatic heterocycles. The fourth-order valence-corrected chi connectivity index (χ4v) is 1.51. The average molecular weight is 256 g/mol. The predicted octanol–water partition coefficient (Wildman–Crippen LogP) is 2.54. The van der Waals surface area contributed by atoms with Gasteiger partial charge in [-0.2, -0.15) is 5.10 Å². The van der Waals surface area contributed by atoms with Crippen LogP contribution in [0.5, 0.6) is 5.75 Å². The van der Waals surface area contributed by atoms with Crippen molar-refractivity contribution >= 4 is 17.9 Å². The average Bonchev–Trinajstić information content (AvgIpc) is 2.39. The van der Waals surface area contributed by atoms with Crippen LogP contribution in [0.1, 0.15) is 15.9 Å². The van der Waals surface area contributed by atoms with Crippen LogP contribution in [0, 0.1) is 0 Å². The second-order valence-electron chi connectivity index (χ2n) is 3.85. The largest absolute Gasteiger partial charge is 0.508 e. The molecule has 2 rings (SSSR count). The lowest BCUT2D eigenvalue weighted by molar-refractivity contribution is 0.0697. The molecule has 3 N–H and O–H groups in total. The summed E-state index contributed by atoms with van der Waals surface area (Å²) in [5, 5.41) is 22.1. The van der Waals surface area contributed by atoms with Crippen LogP contribution in [0.25, 0.3) is 0 Å². The van der Waals surface area contributed by atoms with Crippen LogP contribution in [0.15, 0.2) is 53.6 Å².